The molecule has 1 heterocycles. The van der Waals surface area contributed by atoms with E-state index in [1.165, 1.54) is 7.05 Å². The Bertz CT molecular complexity index is 1030. The van der Waals surface area contributed by atoms with Crippen LogP contribution in [-0.4, -0.2) is 34.1 Å². The van der Waals surface area contributed by atoms with E-state index in [2.05, 4.69) is 13.8 Å². The maximum absolute atomic E-state index is 12.5. The van der Waals surface area contributed by atoms with Crippen molar-refractivity contribution in [1.82, 2.24) is 9.13 Å². The average molecular weight is 417 g/mol. The molecule has 1 aromatic carbocycles. The number of nitrogen functional groups attached to an aromatic ring is 1. The summed E-state index contributed by atoms with van der Waals surface area (Å²) < 4.78 is 12.2. The van der Waals surface area contributed by atoms with Gasteiger partial charge < -0.3 is 15.2 Å². The van der Waals surface area contributed by atoms with E-state index in [4.69, 9.17) is 15.2 Å². The van der Waals surface area contributed by atoms with Crippen LogP contribution in [0.15, 0.2) is 33.9 Å². The van der Waals surface area contributed by atoms with Crippen LogP contribution in [-0.2, 0) is 23.1 Å². The van der Waals surface area contributed by atoms with Gasteiger partial charge in [0.2, 0.25) is 5.78 Å². The number of carbonyl (C=O) groups is 2. The number of benzene rings is 1. The first-order valence-electron chi connectivity index (χ1n) is 9.68. The second-order valence-electron chi connectivity index (χ2n) is 7.15. The van der Waals surface area contributed by atoms with Gasteiger partial charge in [0.1, 0.15) is 17.1 Å². The fraction of sp³-hybridized carbons (Fsp3) is 0.429. The summed E-state index contributed by atoms with van der Waals surface area (Å²) in [6.07, 6.45) is 0.584. The van der Waals surface area contributed by atoms with Gasteiger partial charge in [0.15, 0.2) is 13.2 Å². The largest absolute Gasteiger partial charge is 0.482 e. The first kappa shape index (κ1) is 22.9. The summed E-state index contributed by atoms with van der Waals surface area (Å²) >= 11 is 0. The highest BCUT2D eigenvalue weighted by atomic mass is 16.6. The summed E-state index contributed by atoms with van der Waals surface area (Å²) in [6, 6.07) is 7.29. The number of ether oxygens (including phenoxy) is 2. The van der Waals surface area contributed by atoms with E-state index >= 15 is 0 Å². The van der Waals surface area contributed by atoms with E-state index in [1.807, 2.05) is 19.1 Å². The van der Waals surface area contributed by atoms with Crippen molar-refractivity contribution >= 4 is 17.6 Å². The topological polar surface area (TPSA) is 123 Å². The Morgan fingerprint density at radius 2 is 1.73 bits per heavy atom. The van der Waals surface area contributed by atoms with Crippen molar-refractivity contribution in [3.63, 3.8) is 0 Å². The maximum Gasteiger partial charge on any atom is 0.344 e. The van der Waals surface area contributed by atoms with E-state index in [0.29, 0.717) is 18.1 Å². The van der Waals surface area contributed by atoms with Crippen LogP contribution < -0.4 is 21.7 Å². The van der Waals surface area contributed by atoms with Crippen LogP contribution in [0, 0.1) is 0 Å². The maximum atomic E-state index is 12.5. The number of rotatable bonds is 9. The molecule has 9 heteroatoms. The van der Waals surface area contributed by atoms with Crippen molar-refractivity contribution in [3.8, 4) is 5.75 Å². The number of hydrogen-bond acceptors (Lipinski definition) is 7. The highest BCUT2D eigenvalue weighted by Gasteiger charge is 2.22. The normalized spacial score (nSPS) is 10.8. The van der Waals surface area contributed by atoms with Crippen molar-refractivity contribution in [1.29, 1.82) is 0 Å². The second-order valence-corrected chi connectivity index (χ2v) is 7.15. The molecule has 0 bridgehead atoms. The Morgan fingerprint density at radius 1 is 1.10 bits per heavy atom. The number of esters is 1. The molecule has 2 rings (SSSR count). The molecule has 0 spiro atoms. The molecule has 9 nitrogen and oxygen atoms in total. The minimum Gasteiger partial charge on any atom is -0.482 e. The second kappa shape index (κ2) is 9.91. The zero-order chi connectivity index (χ0) is 22.4. The fourth-order valence-electron chi connectivity index (χ4n) is 2.84. The van der Waals surface area contributed by atoms with Crippen molar-refractivity contribution in [2.24, 2.45) is 7.05 Å². The van der Waals surface area contributed by atoms with Gasteiger partial charge in [-0.05, 0) is 30.0 Å². The number of anilines is 1. The van der Waals surface area contributed by atoms with Gasteiger partial charge in [-0.3, -0.25) is 18.7 Å². The molecule has 0 saturated carbocycles. The SMILES string of the molecule is CCCn1c(N)c(C(=O)COC(=O)COc2ccc(C(C)C)cc2)c(=O)n(C)c1=O. The molecule has 0 radical (unpaired) electrons. The number of nitrogens with two attached hydrogens (primary N) is 1. The molecule has 2 N–H and O–H groups in total. The summed E-state index contributed by atoms with van der Waals surface area (Å²) in [5, 5.41) is 0. The number of nitrogens with zero attached hydrogens (tertiary/aromatic N) is 2. The molecule has 0 unspecified atom stereocenters. The minimum atomic E-state index is -0.826. The monoisotopic (exact) mass is 417 g/mol. The summed E-state index contributed by atoms with van der Waals surface area (Å²) in [6.45, 7) is 5.14. The molecule has 0 atom stereocenters. The number of hydrogen-bond donors (Lipinski definition) is 1. The predicted molar refractivity (Wildman–Crippen MR) is 112 cm³/mol. The Labute approximate surface area is 174 Å². The van der Waals surface area contributed by atoms with Crippen LogP contribution in [0.3, 0.4) is 0 Å². The molecule has 0 amide bonds. The number of carbonyl (C=O) groups excluding carboxylic acids is 2. The summed E-state index contributed by atoms with van der Waals surface area (Å²) in [7, 11) is 1.26. The van der Waals surface area contributed by atoms with Gasteiger partial charge in [0.25, 0.3) is 5.56 Å². The Kier molecular flexibility index (Phi) is 7.57. The van der Waals surface area contributed by atoms with Crippen LogP contribution in [0.1, 0.15) is 49.0 Å². The fourth-order valence-corrected chi connectivity index (χ4v) is 2.84. The third-order valence-corrected chi connectivity index (χ3v) is 4.58. The van der Waals surface area contributed by atoms with Gasteiger partial charge in [-0.2, -0.15) is 0 Å². The smallest absolute Gasteiger partial charge is 0.344 e. The van der Waals surface area contributed by atoms with Crippen LogP contribution in [0.4, 0.5) is 5.82 Å². The highest BCUT2D eigenvalue weighted by Crippen LogP contribution is 2.18. The summed E-state index contributed by atoms with van der Waals surface area (Å²) in [4.78, 5) is 48.9. The van der Waals surface area contributed by atoms with Crippen LogP contribution in [0.2, 0.25) is 0 Å². The Morgan fingerprint density at radius 3 is 2.30 bits per heavy atom. The van der Waals surface area contributed by atoms with Gasteiger partial charge in [0.05, 0.1) is 0 Å². The lowest BCUT2D eigenvalue weighted by atomic mass is 10.0. The summed E-state index contributed by atoms with van der Waals surface area (Å²) in [5.74, 6) is -0.914. The molecule has 0 aliphatic carbocycles. The third-order valence-electron chi connectivity index (χ3n) is 4.58. The van der Waals surface area contributed by atoms with Crippen LogP contribution in [0.25, 0.3) is 0 Å². The van der Waals surface area contributed by atoms with Crippen molar-refractivity contribution < 1.29 is 19.1 Å². The molecule has 162 valence electrons. The Hall–Kier alpha value is -3.36. The first-order chi connectivity index (χ1) is 14.2. The van der Waals surface area contributed by atoms with Gasteiger partial charge >= 0.3 is 11.7 Å². The van der Waals surface area contributed by atoms with Crippen molar-refractivity contribution in [3.05, 3.63) is 56.2 Å². The number of ketones is 1. The zero-order valence-electron chi connectivity index (χ0n) is 17.6. The molecule has 0 aliphatic heterocycles. The van der Waals surface area contributed by atoms with Crippen molar-refractivity contribution in [2.45, 2.75) is 39.7 Å². The predicted octanol–water partition coefficient (Wildman–Crippen LogP) is 1.47. The van der Waals surface area contributed by atoms with E-state index in [1.54, 1.807) is 12.1 Å². The van der Waals surface area contributed by atoms with E-state index < -0.39 is 36.2 Å². The minimum absolute atomic E-state index is 0.229. The third kappa shape index (κ3) is 5.16. The average Bonchev–Trinajstić information content (AvgIpc) is 2.72. The molecular weight excluding hydrogens is 390 g/mol. The first-order valence-corrected chi connectivity index (χ1v) is 9.68. The molecule has 30 heavy (non-hydrogen) atoms. The van der Waals surface area contributed by atoms with Gasteiger partial charge in [-0.25, -0.2) is 9.59 Å². The molecular formula is C21H27N3O6. The molecule has 2 aromatic rings. The molecule has 0 fully saturated rings. The van der Waals surface area contributed by atoms with E-state index in [0.717, 1.165) is 14.7 Å². The van der Waals surface area contributed by atoms with Crippen LogP contribution >= 0.6 is 0 Å². The zero-order valence-corrected chi connectivity index (χ0v) is 17.6. The Balaban J connectivity index is 2.02. The van der Waals surface area contributed by atoms with Gasteiger partial charge in [-0.15, -0.1) is 0 Å². The van der Waals surface area contributed by atoms with Crippen LogP contribution in [0.5, 0.6) is 5.75 Å². The molecule has 1 aromatic heterocycles. The van der Waals surface area contributed by atoms with Gasteiger partial charge in [0, 0.05) is 13.6 Å². The standard InChI is InChI=1S/C21H27N3O6/c1-5-10-24-19(22)18(20(27)23(4)21(24)28)16(25)11-30-17(26)12-29-15-8-6-14(7-9-15)13(2)3/h6-9,13H,5,10-12,22H2,1-4H3. The quantitative estimate of drug-likeness (QED) is 0.484. The van der Waals surface area contributed by atoms with E-state index in [-0.39, 0.29) is 17.9 Å². The lowest BCUT2D eigenvalue weighted by Gasteiger charge is -2.14. The number of aromatic nitrogens is 2. The summed E-state index contributed by atoms with van der Waals surface area (Å²) in [5.41, 5.74) is 5.21. The molecule has 0 aliphatic rings. The highest BCUT2D eigenvalue weighted by molar-refractivity contribution is 6.01. The van der Waals surface area contributed by atoms with Gasteiger partial charge in [-0.1, -0.05) is 32.9 Å². The lowest BCUT2D eigenvalue weighted by Crippen LogP contribution is -2.43. The lowest BCUT2D eigenvalue weighted by molar-refractivity contribution is -0.144. The van der Waals surface area contributed by atoms with E-state index in [9.17, 15) is 19.2 Å². The number of Topliss-reactive ketones (excluding diaryl/α,β-unsaturated/α-hetero) is 1. The molecule has 0 saturated heterocycles. The van der Waals surface area contributed by atoms with Crippen molar-refractivity contribution in [2.75, 3.05) is 18.9 Å².